The van der Waals surface area contributed by atoms with Crippen LogP contribution < -0.4 is 10.6 Å². The molecule has 35 heavy (non-hydrogen) atoms. The number of halogens is 2. The third-order valence-corrected chi connectivity index (χ3v) is 6.86. The molecule has 192 valence electrons. The van der Waals surface area contributed by atoms with Crippen molar-refractivity contribution in [3.8, 4) is 0 Å². The van der Waals surface area contributed by atoms with Crippen molar-refractivity contribution in [2.24, 2.45) is 5.92 Å². The second-order valence-corrected chi connectivity index (χ2v) is 9.25. The van der Waals surface area contributed by atoms with Crippen LogP contribution in [-0.4, -0.2) is 60.2 Å². The standard InChI is InChI=1S/C24H30Cl2N2O7/c25-13-19(29)27-22(31)33-15-17-10-11-18(34-23(32)28-20(30)14-26)21-24(17,35-21)12-6-2-5-9-16-7-3-1-4-8-16/h1,3-4,7-8,17-18,21H,2,5-6,9-15H2,(H,27,29,31)(H,28,30,32). The molecule has 2 aliphatic rings. The Kier molecular flexibility index (Phi) is 10.2. The fraction of sp³-hybridized carbons (Fsp3) is 0.583. The topological polar surface area (TPSA) is 123 Å². The average Bonchev–Trinajstić information content (AvgIpc) is 3.60. The Morgan fingerprint density at radius 2 is 1.63 bits per heavy atom. The van der Waals surface area contributed by atoms with Gasteiger partial charge in [0.1, 0.15) is 29.6 Å². The van der Waals surface area contributed by atoms with Gasteiger partial charge in [0.25, 0.3) is 0 Å². The van der Waals surface area contributed by atoms with Crippen molar-refractivity contribution in [2.45, 2.75) is 62.8 Å². The van der Waals surface area contributed by atoms with Crippen molar-refractivity contribution in [3.63, 3.8) is 0 Å². The summed E-state index contributed by atoms with van der Waals surface area (Å²) in [5, 5.41) is 4.12. The molecule has 1 heterocycles. The fourth-order valence-electron chi connectivity index (χ4n) is 4.66. The van der Waals surface area contributed by atoms with Crippen LogP contribution in [0.15, 0.2) is 30.3 Å². The minimum absolute atomic E-state index is 0.0611. The first-order valence-electron chi connectivity index (χ1n) is 11.7. The molecule has 1 aliphatic carbocycles. The SMILES string of the molecule is O=C(CCl)NC(=O)OCC1CCC(OC(=O)NC(=O)CCl)C2OC12CCCCCc1ccccc1. The molecule has 11 heteroatoms. The normalized spacial score (nSPS) is 24.6. The van der Waals surface area contributed by atoms with Crippen LogP contribution in [0, 0.1) is 5.92 Å². The second-order valence-electron chi connectivity index (χ2n) is 8.72. The number of rotatable bonds is 11. The van der Waals surface area contributed by atoms with E-state index in [1.807, 2.05) is 18.2 Å². The number of hydrogen-bond donors (Lipinski definition) is 2. The molecule has 4 amide bonds. The van der Waals surface area contributed by atoms with Gasteiger partial charge in [-0.1, -0.05) is 43.2 Å². The zero-order valence-electron chi connectivity index (χ0n) is 19.3. The van der Waals surface area contributed by atoms with Crippen LogP contribution in [0.4, 0.5) is 9.59 Å². The lowest BCUT2D eigenvalue weighted by Crippen LogP contribution is -2.44. The zero-order valence-corrected chi connectivity index (χ0v) is 20.8. The van der Waals surface area contributed by atoms with E-state index < -0.39 is 35.7 Å². The first kappa shape index (κ1) is 27.2. The van der Waals surface area contributed by atoms with E-state index in [4.69, 9.17) is 37.4 Å². The number of imide groups is 2. The maximum atomic E-state index is 12.0. The maximum Gasteiger partial charge on any atom is 0.414 e. The fourth-order valence-corrected chi connectivity index (χ4v) is 4.79. The molecular formula is C24H30Cl2N2O7. The van der Waals surface area contributed by atoms with E-state index in [0.717, 1.165) is 25.7 Å². The van der Waals surface area contributed by atoms with Crippen molar-refractivity contribution in [2.75, 3.05) is 18.4 Å². The molecule has 1 saturated heterocycles. The minimum atomic E-state index is -0.860. The molecule has 2 N–H and O–H groups in total. The van der Waals surface area contributed by atoms with Gasteiger partial charge >= 0.3 is 12.2 Å². The lowest BCUT2D eigenvalue weighted by molar-refractivity contribution is -0.119. The van der Waals surface area contributed by atoms with Crippen molar-refractivity contribution >= 4 is 47.2 Å². The predicted octanol–water partition coefficient (Wildman–Crippen LogP) is 3.69. The molecular weight excluding hydrogens is 499 g/mol. The molecule has 1 aromatic rings. The molecule has 0 spiro atoms. The van der Waals surface area contributed by atoms with Crippen LogP contribution in [-0.2, 0) is 30.2 Å². The lowest BCUT2D eigenvalue weighted by atomic mass is 9.75. The second kappa shape index (κ2) is 13.1. The third-order valence-electron chi connectivity index (χ3n) is 6.37. The molecule has 2 fully saturated rings. The molecule has 1 saturated carbocycles. The molecule has 1 aromatic carbocycles. The van der Waals surface area contributed by atoms with E-state index >= 15 is 0 Å². The number of ether oxygens (including phenoxy) is 3. The van der Waals surface area contributed by atoms with Crippen molar-refractivity contribution in [1.82, 2.24) is 10.6 Å². The summed E-state index contributed by atoms with van der Waals surface area (Å²) in [5.41, 5.74) is 0.696. The number of alkyl halides is 2. The van der Waals surface area contributed by atoms with E-state index in [1.54, 1.807) is 0 Å². The Morgan fingerprint density at radius 3 is 2.31 bits per heavy atom. The number of nitrogens with one attached hydrogen (secondary N) is 2. The summed E-state index contributed by atoms with van der Waals surface area (Å²) in [6.07, 6.45) is 3.07. The summed E-state index contributed by atoms with van der Waals surface area (Å²) in [6.45, 7) is 0.0611. The quantitative estimate of drug-likeness (QED) is 0.255. The van der Waals surface area contributed by atoms with Crippen LogP contribution in [0.5, 0.6) is 0 Å². The van der Waals surface area contributed by atoms with Crippen LogP contribution in [0.1, 0.15) is 44.1 Å². The predicted molar refractivity (Wildman–Crippen MR) is 128 cm³/mol. The Labute approximate surface area is 214 Å². The highest BCUT2D eigenvalue weighted by Gasteiger charge is 2.67. The molecule has 1 aliphatic heterocycles. The van der Waals surface area contributed by atoms with Gasteiger partial charge in [-0.05, 0) is 37.7 Å². The molecule has 0 bridgehead atoms. The number of amides is 4. The van der Waals surface area contributed by atoms with Gasteiger partial charge in [0.2, 0.25) is 11.8 Å². The minimum Gasteiger partial charge on any atom is -0.449 e. The van der Waals surface area contributed by atoms with Gasteiger partial charge < -0.3 is 14.2 Å². The summed E-state index contributed by atoms with van der Waals surface area (Å²) in [6, 6.07) is 10.3. The largest absolute Gasteiger partial charge is 0.449 e. The Hall–Kier alpha value is -2.36. The van der Waals surface area contributed by atoms with Gasteiger partial charge in [-0.15, -0.1) is 23.2 Å². The summed E-state index contributed by atoms with van der Waals surface area (Å²) >= 11 is 10.8. The number of benzene rings is 1. The van der Waals surface area contributed by atoms with Crippen LogP contribution in [0.2, 0.25) is 0 Å². The van der Waals surface area contributed by atoms with E-state index in [-0.39, 0.29) is 30.4 Å². The molecule has 4 unspecified atom stereocenters. The van der Waals surface area contributed by atoms with Crippen LogP contribution in [0.3, 0.4) is 0 Å². The van der Waals surface area contributed by atoms with Gasteiger partial charge in [-0.3, -0.25) is 20.2 Å². The van der Waals surface area contributed by atoms with E-state index in [0.29, 0.717) is 19.3 Å². The Morgan fingerprint density at radius 1 is 0.943 bits per heavy atom. The highest BCUT2D eigenvalue weighted by atomic mass is 35.5. The van der Waals surface area contributed by atoms with Crippen molar-refractivity contribution in [1.29, 1.82) is 0 Å². The summed E-state index contributed by atoms with van der Waals surface area (Å²) < 4.78 is 16.8. The maximum absolute atomic E-state index is 12.0. The van der Waals surface area contributed by atoms with Gasteiger partial charge in [-0.25, -0.2) is 9.59 Å². The molecule has 3 rings (SSSR count). The van der Waals surface area contributed by atoms with Crippen LogP contribution >= 0.6 is 23.2 Å². The number of epoxide rings is 1. The third kappa shape index (κ3) is 7.81. The summed E-state index contributed by atoms with van der Waals surface area (Å²) in [7, 11) is 0. The van der Waals surface area contributed by atoms with E-state index in [1.165, 1.54) is 5.56 Å². The lowest BCUT2D eigenvalue weighted by Gasteiger charge is -2.31. The van der Waals surface area contributed by atoms with Gasteiger partial charge in [0, 0.05) is 5.92 Å². The highest BCUT2D eigenvalue weighted by molar-refractivity contribution is 6.28. The van der Waals surface area contributed by atoms with Gasteiger partial charge in [0.05, 0.1) is 6.61 Å². The number of aryl methyl sites for hydroxylation is 1. The van der Waals surface area contributed by atoms with Gasteiger partial charge in [-0.2, -0.15) is 0 Å². The molecule has 9 nitrogen and oxygen atoms in total. The van der Waals surface area contributed by atoms with Crippen molar-refractivity contribution in [3.05, 3.63) is 35.9 Å². The van der Waals surface area contributed by atoms with E-state index in [9.17, 15) is 19.2 Å². The number of fused-ring (bicyclic) bond motifs is 1. The number of alkyl carbamates (subject to hydrolysis) is 2. The first-order valence-corrected chi connectivity index (χ1v) is 12.8. The zero-order chi connectivity index (χ0) is 25.3. The monoisotopic (exact) mass is 528 g/mol. The Bertz CT molecular complexity index is 901. The number of unbranched alkanes of at least 4 members (excludes halogenated alkanes) is 2. The summed E-state index contributed by atoms with van der Waals surface area (Å²) in [4.78, 5) is 46.6. The highest BCUT2D eigenvalue weighted by Crippen LogP contribution is 2.55. The summed E-state index contributed by atoms with van der Waals surface area (Å²) in [5.74, 6) is -2.09. The number of carbonyl (C=O) groups is 4. The molecule has 0 aromatic heterocycles. The average molecular weight is 529 g/mol. The molecule has 4 atom stereocenters. The number of hydrogen-bond acceptors (Lipinski definition) is 7. The number of carbonyl (C=O) groups excluding carboxylic acids is 4. The van der Waals surface area contributed by atoms with Gasteiger partial charge in [0.15, 0.2) is 0 Å². The smallest absolute Gasteiger partial charge is 0.414 e. The first-order chi connectivity index (χ1) is 16.9. The van der Waals surface area contributed by atoms with Crippen molar-refractivity contribution < 1.29 is 33.4 Å². The van der Waals surface area contributed by atoms with E-state index in [2.05, 4.69) is 22.8 Å². The van der Waals surface area contributed by atoms with Crippen LogP contribution in [0.25, 0.3) is 0 Å². The Balaban J connectivity index is 1.54. The molecule has 0 radical (unpaired) electrons.